The van der Waals surface area contributed by atoms with Crippen LogP contribution in [0.4, 0.5) is 5.69 Å². The number of methoxy groups -OCH3 is 1. The maximum Gasteiger partial charge on any atom is 0.239 e. The zero-order valence-corrected chi connectivity index (χ0v) is 20.6. The van der Waals surface area contributed by atoms with Crippen molar-refractivity contribution in [3.63, 3.8) is 0 Å². The molecule has 1 aliphatic carbocycles. The third-order valence-corrected chi connectivity index (χ3v) is 8.16. The van der Waals surface area contributed by atoms with Gasteiger partial charge in [0.2, 0.25) is 11.8 Å². The molecule has 5 atom stereocenters. The van der Waals surface area contributed by atoms with Gasteiger partial charge in [0.05, 0.1) is 24.6 Å². The number of ether oxygens (including phenoxy) is 1. The third-order valence-electron chi connectivity index (χ3n) is 8.16. The number of imide groups is 1. The minimum absolute atomic E-state index is 0.0176. The van der Waals surface area contributed by atoms with Crippen molar-refractivity contribution in [1.29, 1.82) is 0 Å². The molecular weight excluding hydrogens is 448 g/mol. The molecule has 0 spiro atoms. The van der Waals surface area contributed by atoms with Crippen molar-refractivity contribution >= 4 is 17.5 Å². The first-order valence-electron chi connectivity index (χ1n) is 12.6. The number of hydrogen-bond acceptors (Lipinski definition) is 4. The lowest BCUT2D eigenvalue weighted by Gasteiger charge is -2.54. The summed E-state index contributed by atoms with van der Waals surface area (Å²) in [5, 5.41) is 0. The number of amides is 2. The van der Waals surface area contributed by atoms with Gasteiger partial charge in [0.1, 0.15) is 5.75 Å². The molecule has 0 saturated carbocycles. The Morgan fingerprint density at radius 3 is 2.06 bits per heavy atom. The van der Waals surface area contributed by atoms with Crippen LogP contribution >= 0.6 is 0 Å². The summed E-state index contributed by atoms with van der Waals surface area (Å²) >= 11 is 0. The van der Waals surface area contributed by atoms with Crippen LogP contribution < -0.4 is 9.64 Å². The highest BCUT2D eigenvalue weighted by molar-refractivity contribution is 6.22. The molecule has 5 unspecified atom stereocenters. The lowest BCUT2D eigenvalue weighted by molar-refractivity contribution is -0.131. The zero-order chi connectivity index (χ0) is 24.8. The molecule has 3 aromatic rings. The number of anilines is 1. The molecule has 0 N–H and O–H groups in total. The Morgan fingerprint density at radius 2 is 1.39 bits per heavy atom. The van der Waals surface area contributed by atoms with Crippen molar-refractivity contribution < 1.29 is 14.3 Å². The van der Waals surface area contributed by atoms with Gasteiger partial charge in [-0.2, -0.15) is 0 Å². The summed E-state index contributed by atoms with van der Waals surface area (Å²) in [5.41, 5.74) is 4.30. The summed E-state index contributed by atoms with van der Waals surface area (Å²) in [5.74, 6) is -0.00823. The largest absolute Gasteiger partial charge is 0.497 e. The molecule has 2 fully saturated rings. The number of carbonyl (C=O) groups is 2. The maximum atomic E-state index is 13.9. The summed E-state index contributed by atoms with van der Waals surface area (Å²) in [4.78, 5) is 31.6. The van der Waals surface area contributed by atoms with Crippen LogP contribution in [0.3, 0.4) is 0 Å². The van der Waals surface area contributed by atoms with E-state index in [9.17, 15) is 9.59 Å². The number of hydrogen-bond donors (Lipinski definition) is 0. The Morgan fingerprint density at radius 1 is 0.750 bits per heavy atom. The SMILES string of the molecule is COc1ccc(CC2C3C(C)=CC(C4C(=O)N(c5ccccc5)C(=O)C43)N2Cc2ccccc2)cc1. The molecule has 3 aliphatic heterocycles. The van der Waals surface area contributed by atoms with E-state index in [1.54, 1.807) is 7.11 Å². The van der Waals surface area contributed by atoms with Crippen LogP contribution in [-0.2, 0) is 22.6 Å². The molecule has 182 valence electrons. The smallest absolute Gasteiger partial charge is 0.239 e. The average molecular weight is 479 g/mol. The number of para-hydroxylation sites is 1. The minimum atomic E-state index is -0.359. The van der Waals surface area contributed by atoms with Gasteiger partial charge in [0, 0.05) is 24.5 Å². The molecule has 4 aliphatic rings. The van der Waals surface area contributed by atoms with E-state index in [0.29, 0.717) is 5.69 Å². The Hall–Kier alpha value is -3.70. The average Bonchev–Trinajstić information content (AvgIpc) is 3.18. The van der Waals surface area contributed by atoms with Gasteiger partial charge in [0.25, 0.3) is 0 Å². The molecule has 2 saturated heterocycles. The van der Waals surface area contributed by atoms with E-state index in [4.69, 9.17) is 4.74 Å². The predicted octanol–water partition coefficient (Wildman–Crippen LogP) is 4.87. The molecule has 5 heteroatoms. The molecule has 36 heavy (non-hydrogen) atoms. The van der Waals surface area contributed by atoms with Gasteiger partial charge in [-0.1, -0.05) is 72.3 Å². The maximum absolute atomic E-state index is 13.9. The lowest BCUT2D eigenvalue weighted by atomic mass is 9.62. The number of rotatable bonds is 6. The van der Waals surface area contributed by atoms with Crippen LogP contribution in [0.25, 0.3) is 0 Å². The first-order valence-corrected chi connectivity index (χ1v) is 12.6. The van der Waals surface area contributed by atoms with Crippen LogP contribution in [-0.4, -0.2) is 35.9 Å². The zero-order valence-electron chi connectivity index (χ0n) is 20.6. The summed E-state index contributed by atoms with van der Waals surface area (Å²) in [6.45, 7) is 2.88. The summed E-state index contributed by atoms with van der Waals surface area (Å²) in [7, 11) is 1.67. The molecule has 5 nitrogen and oxygen atoms in total. The Labute approximate surface area is 212 Å². The number of nitrogens with zero attached hydrogens (tertiary/aromatic N) is 2. The molecule has 2 bridgehead atoms. The first-order chi connectivity index (χ1) is 17.6. The van der Waals surface area contributed by atoms with E-state index >= 15 is 0 Å². The Balaban J connectivity index is 1.41. The van der Waals surface area contributed by atoms with Crippen molar-refractivity contribution in [2.24, 2.45) is 17.8 Å². The normalized spacial score (nSPS) is 27.2. The molecule has 0 radical (unpaired) electrons. The number of fused-ring (bicyclic) bond motifs is 1. The second-order valence-electron chi connectivity index (χ2n) is 10.1. The van der Waals surface area contributed by atoms with Gasteiger partial charge < -0.3 is 4.74 Å². The van der Waals surface area contributed by atoms with Gasteiger partial charge in [-0.3, -0.25) is 14.5 Å². The first kappa shape index (κ1) is 22.7. The second kappa shape index (κ2) is 9.07. The van der Waals surface area contributed by atoms with Gasteiger partial charge >= 0.3 is 0 Å². The summed E-state index contributed by atoms with van der Waals surface area (Å²) < 4.78 is 5.35. The van der Waals surface area contributed by atoms with E-state index in [-0.39, 0.29) is 41.7 Å². The fourth-order valence-corrected chi connectivity index (χ4v) is 6.58. The minimum Gasteiger partial charge on any atom is -0.497 e. The number of benzene rings is 3. The fourth-order valence-electron chi connectivity index (χ4n) is 6.58. The van der Waals surface area contributed by atoms with Gasteiger partial charge in [0.15, 0.2) is 0 Å². The van der Waals surface area contributed by atoms with Crippen LogP contribution in [0.2, 0.25) is 0 Å². The molecule has 2 amide bonds. The van der Waals surface area contributed by atoms with Gasteiger partial charge in [-0.15, -0.1) is 0 Å². The molecule has 0 aromatic heterocycles. The highest BCUT2D eigenvalue weighted by Gasteiger charge is 2.63. The fraction of sp³-hybridized carbons (Fsp3) is 0.290. The lowest BCUT2D eigenvalue weighted by Crippen LogP contribution is -2.62. The second-order valence-corrected chi connectivity index (χ2v) is 10.1. The van der Waals surface area contributed by atoms with Crippen molar-refractivity contribution in [3.8, 4) is 5.75 Å². The molecule has 3 aromatic carbocycles. The van der Waals surface area contributed by atoms with E-state index in [1.807, 2.05) is 48.5 Å². The summed E-state index contributed by atoms with van der Waals surface area (Å²) in [6.07, 6.45) is 3.05. The molecule has 7 rings (SSSR count). The van der Waals surface area contributed by atoms with Crippen LogP contribution in [0.1, 0.15) is 18.1 Å². The standard InChI is InChI=1S/C31H30N2O3/c1-20-17-25-28-29(31(35)33(30(28)34)23-11-7-4-8-12-23)27(20)26(18-21-13-15-24(36-2)16-14-21)32(25)19-22-9-5-3-6-10-22/h3-17,25-29H,18-19H2,1-2H3. The number of carbonyl (C=O) groups excluding carboxylic acids is 2. The number of piperidine rings is 1. The monoisotopic (exact) mass is 478 g/mol. The highest BCUT2D eigenvalue weighted by Crippen LogP contribution is 2.52. The third kappa shape index (κ3) is 3.66. The van der Waals surface area contributed by atoms with E-state index < -0.39 is 0 Å². The quantitative estimate of drug-likeness (QED) is 0.375. The summed E-state index contributed by atoms with van der Waals surface area (Å²) in [6, 6.07) is 28.0. The van der Waals surface area contributed by atoms with Crippen molar-refractivity contribution in [3.05, 3.63) is 108 Å². The van der Waals surface area contributed by atoms with Gasteiger partial charge in [-0.25, -0.2) is 4.90 Å². The predicted molar refractivity (Wildman–Crippen MR) is 139 cm³/mol. The van der Waals surface area contributed by atoms with E-state index in [2.05, 4.69) is 54.3 Å². The topological polar surface area (TPSA) is 49.9 Å². The van der Waals surface area contributed by atoms with E-state index in [1.165, 1.54) is 21.6 Å². The molecular formula is C31H30N2O3. The van der Waals surface area contributed by atoms with Crippen LogP contribution in [0.15, 0.2) is 96.6 Å². The van der Waals surface area contributed by atoms with Crippen molar-refractivity contribution in [2.75, 3.05) is 12.0 Å². The Kier molecular flexibility index (Phi) is 5.73. The van der Waals surface area contributed by atoms with Crippen molar-refractivity contribution in [2.45, 2.75) is 32.0 Å². The Bertz CT molecular complexity index is 1300. The van der Waals surface area contributed by atoms with Crippen molar-refractivity contribution in [1.82, 2.24) is 4.90 Å². The highest BCUT2D eigenvalue weighted by atomic mass is 16.5. The van der Waals surface area contributed by atoms with E-state index in [0.717, 1.165) is 18.7 Å². The van der Waals surface area contributed by atoms with Crippen LogP contribution in [0, 0.1) is 17.8 Å². The van der Waals surface area contributed by atoms with Crippen LogP contribution in [0.5, 0.6) is 5.75 Å². The van der Waals surface area contributed by atoms with Gasteiger partial charge in [-0.05, 0) is 48.7 Å². The molecule has 3 heterocycles.